The van der Waals surface area contributed by atoms with Crippen LogP contribution in [0.25, 0.3) is 6.08 Å². The van der Waals surface area contributed by atoms with E-state index in [2.05, 4.69) is 5.32 Å². The molecule has 1 aromatic rings. The predicted molar refractivity (Wildman–Crippen MR) is 86.6 cm³/mol. The van der Waals surface area contributed by atoms with Gasteiger partial charge in [0.15, 0.2) is 11.5 Å². The fourth-order valence-electron chi connectivity index (χ4n) is 2.57. The lowest BCUT2D eigenvalue weighted by Crippen LogP contribution is -2.50. The van der Waals surface area contributed by atoms with Gasteiger partial charge in [-0.1, -0.05) is 6.07 Å². The van der Waals surface area contributed by atoms with E-state index in [1.54, 1.807) is 30.0 Å². The number of amides is 2. The summed E-state index contributed by atoms with van der Waals surface area (Å²) in [5.41, 5.74) is 0.821. The van der Waals surface area contributed by atoms with E-state index in [9.17, 15) is 9.59 Å². The minimum absolute atomic E-state index is 0.0943. The molecule has 0 spiro atoms. The number of hydrogen-bond donors (Lipinski definition) is 1. The van der Waals surface area contributed by atoms with Gasteiger partial charge in [0, 0.05) is 19.2 Å². The van der Waals surface area contributed by atoms with Crippen LogP contribution < -0.4 is 14.8 Å². The summed E-state index contributed by atoms with van der Waals surface area (Å²) in [5, 5.41) is 2.69. The molecule has 0 aliphatic carbocycles. The number of carbonyl (C=O) groups is 2. The molecule has 0 radical (unpaired) electrons. The van der Waals surface area contributed by atoms with Gasteiger partial charge in [0.2, 0.25) is 18.6 Å². The Bertz CT molecular complexity index is 652. The van der Waals surface area contributed by atoms with Crippen molar-refractivity contribution < 1.29 is 23.8 Å². The van der Waals surface area contributed by atoms with E-state index in [4.69, 9.17) is 14.2 Å². The van der Waals surface area contributed by atoms with Crippen molar-refractivity contribution in [2.24, 2.45) is 0 Å². The number of benzene rings is 1. The third kappa shape index (κ3) is 3.86. The molecule has 2 aliphatic heterocycles. The Morgan fingerprint density at radius 2 is 1.96 bits per heavy atom. The van der Waals surface area contributed by atoms with Crippen LogP contribution in [-0.4, -0.2) is 55.9 Å². The van der Waals surface area contributed by atoms with Crippen LogP contribution in [0.1, 0.15) is 12.5 Å². The molecule has 1 aromatic carbocycles. The Hall–Kier alpha value is -2.54. The molecule has 1 saturated heterocycles. The molecular weight excluding hydrogens is 312 g/mol. The fraction of sp³-hybridized carbons (Fsp3) is 0.412. The van der Waals surface area contributed by atoms with Gasteiger partial charge in [0.25, 0.3) is 0 Å². The first-order valence-electron chi connectivity index (χ1n) is 7.88. The molecule has 24 heavy (non-hydrogen) atoms. The lowest BCUT2D eigenvalue weighted by Gasteiger charge is -2.29. The van der Waals surface area contributed by atoms with Crippen molar-refractivity contribution in [2.45, 2.75) is 13.0 Å². The number of ether oxygens (including phenoxy) is 3. The number of rotatable bonds is 4. The van der Waals surface area contributed by atoms with Crippen LogP contribution >= 0.6 is 0 Å². The highest BCUT2D eigenvalue weighted by Gasteiger charge is 2.23. The Morgan fingerprint density at radius 1 is 1.21 bits per heavy atom. The maximum absolute atomic E-state index is 12.2. The molecule has 2 heterocycles. The van der Waals surface area contributed by atoms with Crippen LogP contribution in [-0.2, 0) is 14.3 Å². The number of carbonyl (C=O) groups excluding carboxylic acids is 2. The lowest BCUT2D eigenvalue weighted by molar-refractivity contribution is -0.138. The molecule has 3 rings (SSSR count). The van der Waals surface area contributed by atoms with E-state index in [0.717, 1.165) is 5.56 Å². The number of nitrogens with one attached hydrogen (secondary N) is 1. The summed E-state index contributed by atoms with van der Waals surface area (Å²) in [4.78, 5) is 25.9. The van der Waals surface area contributed by atoms with Gasteiger partial charge in [-0.25, -0.2) is 0 Å². The van der Waals surface area contributed by atoms with Crippen LogP contribution in [0.5, 0.6) is 11.5 Å². The average molecular weight is 332 g/mol. The molecule has 2 aliphatic rings. The zero-order chi connectivity index (χ0) is 16.9. The van der Waals surface area contributed by atoms with Crippen molar-refractivity contribution in [1.82, 2.24) is 10.2 Å². The third-order valence-corrected chi connectivity index (χ3v) is 3.88. The zero-order valence-corrected chi connectivity index (χ0v) is 13.5. The summed E-state index contributed by atoms with van der Waals surface area (Å²) < 4.78 is 15.7. The highest BCUT2D eigenvalue weighted by molar-refractivity contribution is 5.95. The van der Waals surface area contributed by atoms with E-state index < -0.39 is 6.04 Å². The van der Waals surface area contributed by atoms with Gasteiger partial charge in [-0.3, -0.25) is 9.59 Å². The van der Waals surface area contributed by atoms with E-state index in [0.29, 0.717) is 37.8 Å². The van der Waals surface area contributed by atoms with Gasteiger partial charge < -0.3 is 24.4 Å². The molecule has 7 nitrogen and oxygen atoms in total. The number of nitrogens with zero attached hydrogens (tertiary/aromatic N) is 1. The molecule has 1 N–H and O–H groups in total. The van der Waals surface area contributed by atoms with Crippen molar-refractivity contribution in [1.29, 1.82) is 0 Å². The quantitative estimate of drug-likeness (QED) is 0.825. The van der Waals surface area contributed by atoms with Crippen molar-refractivity contribution in [2.75, 3.05) is 33.1 Å². The largest absolute Gasteiger partial charge is 0.454 e. The summed E-state index contributed by atoms with van der Waals surface area (Å²) in [6, 6.07) is 4.86. The maximum Gasteiger partial charge on any atom is 0.245 e. The monoisotopic (exact) mass is 332 g/mol. The Kier molecular flexibility index (Phi) is 5.00. The van der Waals surface area contributed by atoms with Crippen LogP contribution in [0.4, 0.5) is 0 Å². The molecule has 128 valence electrons. The molecule has 1 unspecified atom stereocenters. The van der Waals surface area contributed by atoms with Crippen molar-refractivity contribution in [3.8, 4) is 11.5 Å². The van der Waals surface area contributed by atoms with Gasteiger partial charge in [-0.05, 0) is 30.7 Å². The predicted octanol–water partition coefficient (Wildman–Crippen LogP) is 0.792. The minimum Gasteiger partial charge on any atom is -0.454 e. The first-order valence-corrected chi connectivity index (χ1v) is 7.88. The maximum atomic E-state index is 12.2. The second kappa shape index (κ2) is 7.35. The summed E-state index contributed by atoms with van der Waals surface area (Å²) in [5.74, 6) is 0.944. The number of hydrogen-bond acceptors (Lipinski definition) is 5. The highest BCUT2D eigenvalue weighted by Crippen LogP contribution is 2.32. The van der Waals surface area contributed by atoms with Crippen LogP contribution in [0.15, 0.2) is 24.3 Å². The minimum atomic E-state index is -0.572. The van der Waals surface area contributed by atoms with E-state index in [1.165, 1.54) is 6.08 Å². The van der Waals surface area contributed by atoms with E-state index in [-0.39, 0.29) is 18.6 Å². The smallest absolute Gasteiger partial charge is 0.245 e. The Balaban J connectivity index is 1.53. The molecule has 7 heteroatoms. The molecule has 1 fully saturated rings. The normalized spacial score (nSPS) is 17.8. The third-order valence-electron chi connectivity index (χ3n) is 3.88. The van der Waals surface area contributed by atoms with Gasteiger partial charge >= 0.3 is 0 Å². The first kappa shape index (κ1) is 16.3. The van der Waals surface area contributed by atoms with Crippen LogP contribution in [0.3, 0.4) is 0 Å². The highest BCUT2D eigenvalue weighted by atomic mass is 16.7. The molecule has 0 saturated carbocycles. The topological polar surface area (TPSA) is 77.1 Å². The first-order chi connectivity index (χ1) is 11.6. The van der Waals surface area contributed by atoms with Crippen LogP contribution in [0, 0.1) is 0 Å². The van der Waals surface area contributed by atoms with E-state index >= 15 is 0 Å². The van der Waals surface area contributed by atoms with Crippen molar-refractivity contribution in [3.63, 3.8) is 0 Å². The molecule has 2 amide bonds. The Labute approximate surface area is 140 Å². The molecule has 1 atom stereocenters. The Morgan fingerprint density at radius 3 is 2.75 bits per heavy atom. The number of morpholine rings is 1. The van der Waals surface area contributed by atoms with Gasteiger partial charge in [0.1, 0.15) is 6.04 Å². The summed E-state index contributed by atoms with van der Waals surface area (Å²) in [6.07, 6.45) is 3.07. The van der Waals surface area contributed by atoms with E-state index in [1.807, 2.05) is 6.07 Å². The average Bonchev–Trinajstić information content (AvgIpc) is 3.07. The number of fused-ring (bicyclic) bond motifs is 1. The van der Waals surface area contributed by atoms with Crippen molar-refractivity contribution >= 4 is 17.9 Å². The standard InChI is InChI=1S/C17H20N2O5/c1-12(17(21)19-6-8-22-9-7-19)18-16(20)5-3-13-2-4-14-15(10-13)24-11-23-14/h2-5,10,12H,6-9,11H2,1H3,(H,18,20). The fourth-order valence-corrected chi connectivity index (χ4v) is 2.57. The SMILES string of the molecule is CC(NC(=O)C=Cc1ccc2c(c1)OCO2)C(=O)N1CCOCC1. The molecule has 0 aromatic heterocycles. The second-order valence-electron chi connectivity index (χ2n) is 5.61. The van der Waals surface area contributed by atoms with Crippen LogP contribution in [0.2, 0.25) is 0 Å². The van der Waals surface area contributed by atoms with Crippen molar-refractivity contribution in [3.05, 3.63) is 29.8 Å². The zero-order valence-electron chi connectivity index (χ0n) is 13.5. The van der Waals surface area contributed by atoms with Gasteiger partial charge in [-0.2, -0.15) is 0 Å². The second-order valence-corrected chi connectivity index (χ2v) is 5.61. The van der Waals surface area contributed by atoms with Gasteiger partial charge in [0.05, 0.1) is 13.2 Å². The molecular formula is C17H20N2O5. The summed E-state index contributed by atoms with van der Waals surface area (Å²) >= 11 is 0. The molecule has 0 bridgehead atoms. The summed E-state index contributed by atoms with van der Waals surface area (Å²) in [7, 11) is 0. The lowest BCUT2D eigenvalue weighted by atomic mass is 10.2. The summed E-state index contributed by atoms with van der Waals surface area (Å²) in [6.45, 7) is 4.10. The van der Waals surface area contributed by atoms with Gasteiger partial charge in [-0.15, -0.1) is 0 Å².